The van der Waals surface area contributed by atoms with E-state index in [2.05, 4.69) is 14.9 Å². The van der Waals surface area contributed by atoms with E-state index in [1.54, 1.807) is 50.4 Å². The highest BCUT2D eigenvalue weighted by Crippen LogP contribution is 2.26. The number of nitrogens with zero attached hydrogens (tertiary/aromatic N) is 2. The molecule has 0 saturated heterocycles. The largest absolute Gasteiger partial charge is 0.495 e. The van der Waals surface area contributed by atoms with Gasteiger partial charge in [-0.2, -0.15) is 4.98 Å². The molecule has 142 valence electrons. The molecule has 1 N–H and O–H groups in total. The predicted molar refractivity (Wildman–Crippen MR) is 104 cm³/mol. The number of sulfonamides is 1. The highest BCUT2D eigenvalue weighted by atomic mass is 35.5. The molecule has 1 heterocycles. The van der Waals surface area contributed by atoms with Gasteiger partial charge in [-0.3, -0.25) is 4.72 Å². The fraction of sp³-hybridized carbons (Fsp3) is 0.222. The summed E-state index contributed by atoms with van der Waals surface area (Å²) in [5.41, 5.74) is 2.12. The van der Waals surface area contributed by atoms with Gasteiger partial charge in [0.15, 0.2) is 0 Å². The van der Waals surface area contributed by atoms with Crippen LogP contribution in [0.4, 0.5) is 5.69 Å². The molecule has 0 aliphatic carbocycles. The van der Waals surface area contributed by atoms with Crippen LogP contribution in [0, 0.1) is 0 Å². The van der Waals surface area contributed by atoms with Gasteiger partial charge in [-0.15, -0.1) is 0 Å². The molecule has 1 aromatic heterocycles. The highest BCUT2D eigenvalue weighted by Gasteiger charge is 2.12. The lowest BCUT2D eigenvalue weighted by molar-refractivity contribution is 0.385. The van der Waals surface area contributed by atoms with Crippen molar-refractivity contribution in [1.82, 2.24) is 10.1 Å². The molecule has 0 radical (unpaired) electrons. The van der Waals surface area contributed by atoms with Crippen molar-refractivity contribution in [2.75, 3.05) is 17.6 Å². The normalized spacial score (nSPS) is 11.4. The minimum Gasteiger partial charge on any atom is -0.495 e. The van der Waals surface area contributed by atoms with E-state index >= 15 is 0 Å². The van der Waals surface area contributed by atoms with Gasteiger partial charge in [-0.1, -0.05) is 22.8 Å². The Bertz CT molecular complexity index is 1030. The van der Waals surface area contributed by atoms with E-state index in [0.717, 1.165) is 11.1 Å². The van der Waals surface area contributed by atoms with Gasteiger partial charge < -0.3 is 9.26 Å². The SMILES string of the molecule is CCS(=O)(=O)Nc1ccc(-c2noc(Cc3ccc(OC)c(Cl)c3)n2)cc1. The Morgan fingerprint density at radius 2 is 1.93 bits per heavy atom. The second-order valence-corrected chi connectivity index (χ2v) is 8.16. The number of anilines is 1. The first kappa shape index (κ1) is 19.2. The molecule has 7 nitrogen and oxygen atoms in total. The summed E-state index contributed by atoms with van der Waals surface area (Å²) < 4.78 is 36.1. The Labute approximate surface area is 162 Å². The number of ether oxygens (including phenoxy) is 1. The highest BCUT2D eigenvalue weighted by molar-refractivity contribution is 7.92. The van der Waals surface area contributed by atoms with Crippen LogP contribution in [0.1, 0.15) is 18.4 Å². The summed E-state index contributed by atoms with van der Waals surface area (Å²) in [6.07, 6.45) is 0.436. The van der Waals surface area contributed by atoms with Crippen LogP contribution in [-0.4, -0.2) is 31.4 Å². The van der Waals surface area contributed by atoms with Crippen LogP contribution < -0.4 is 9.46 Å². The van der Waals surface area contributed by atoms with Crippen LogP contribution in [0.2, 0.25) is 5.02 Å². The average Bonchev–Trinajstić information content (AvgIpc) is 3.11. The van der Waals surface area contributed by atoms with Crippen molar-refractivity contribution >= 4 is 27.3 Å². The van der Waals surface area contributed by atoms with Crippen molar-refractivity contribution in [2.45, 2.75) is 13.3 Å². The van der Waals surface area contributed by atoms with E-state index in [-0.39, 0.29) is 5.75 Å². The lowest BCUT2D eigenvalue weighted by Gasteiger charge is -2.05. The molecule has 27 heavy (non-hydrogen) atoms. The maximum absolute atomic E-state index is 11.6. The number of benzene rings is 2. The van der Waals surface area contributed by atoms with E-state index in [1.165, 1.54) is 0 Å². The number of hydrogen-bond donors (Lipinski definition) is 1. The fourth-order valence-corrected chi connectivity index (χ4v) is 3.30. The molecule has 9 heteroatoms. The second-order valence-electron chi connectivity index (χ2n) is 5.74. The minimum atomic E-state index is -3.31. The summed E-state index contributed by atoms with van der Waals surface area (Å²) in [6, 6.07) is 12.2. The number of aromatic nitrogens is 2. The number of halogens is 1. The van der Waals surface area contributed by atoms with E-state index in [4.69, 9.17) is 20.9 Å². The Morgan fingerprint density at radius 3 is 2.56 bits per heavy atom. The fourth-order valence-electron chi connectivity index (χ4n) is 2.38. The molecule has 3 aromatic rings. The topological polar surface area (TPSA) is 94.3 Å². The number of methoxy groups -OCH3 is 1. The van der Waals surface area contributed by atoms with Gasteiger partial charge in [0.1, 0.15) is 5.75 Å². The molecular weight excluding hydrogens is 390 g/mol. The summed E-state index contributed by atoms with van der Waals surface area (Å²) in [4.78, 5) is 4.38. The average molecular weight is 408 g/mol. The van der Waals surface area contributed by atoms with Crippen molar-refractivity contribution in [3.05, 3.63) is 58.9 Å². The van der Waals surface area contributed by atoms with Crippen molar-refractivity contribution in [3.8, 4) is 17.1 Å². The third kappa shape index (κ3) is 4.78. The maximum Gasteiger partial charge on any atom is 0.232 e. The Hall–Kier alpha value is -2.58. The molecule has 0 spiro atoms. The van der Waals surface area contributed by atoms with E-state index in [0.29, 0.717) is 34.6 Å². The first-order valence-electron chi connectivity index (χ1n) is 8.16. The lowest BCUT2D eigenvalue weighted by atomic mass is 10.1. The van der Waals surface area contributed by atoms with Gasteiger partial charge >= 0.3 is 0 Å². The van der Waals surface area contributed by atoms with Crippen LogP contribution in [0.15, 0.2) is 47.0 Å². The molecule has 0 aliphatic heterocycles. The van der Waals surface area contributed by atoms with Crippen molar-refractivity contribution in [1.29, 1.82) is 0 Å². The van der Waals surface area contributed by atoms with Gasteiger partial charge in [0, 0.05) is 11.3 Å². The molecule has 2 aromatic carbocycles. The maximum atomic E-state index is 11.6. The smallest absolute Gasteiger partial charge is 0.232 e. The standard InChI is InChI=1S/C18H18ClN3O4S/c1-3-27(23,24)22-14-7-5-13(6-8-14)18-20-17(26-21-18)11-12-4-9-16(25-2)15(19)10-12/h4-10,22H,3,11H2,1-2H3. The Morgan fingerprint density at radius 1 is 1.19 bits per heavy atom. The zero-order valence-corrected chi connectivity index (χ0v) is 16.3. The van der Waals surface area contributed by atoms with Crippen LogP contribution in [-0.2, 0) is 16.4 Å². The zero-order chi connectivity index (χ0) is 19.4. The molecule has 0 unspecified atom stereocenters. The third-order valence-corrected chi connectivity index (χ3v) is 5.44. The van der Waals surface area contributed by atoms with Crippen LogP contribution in [0.5, 0.6) is 5.75 Å². The summed E-state index contributed by atoms with van der Waals surface area (Å²) >= 11 is 6.13. The van der Waals surface area contributed by atoms with Crippen molar-refractivity contribution in [3.63, 3.8) is 0 Å². The predicted octanol–water partition coefficient (Wildman–Crippen LogP) is 3.75. The third-order valence-electron chi connectivity index (χ3n) is 3.84. The van der Waals surface area contributed by atoms with Crippen molar-refractivity contribution in [2.24, 2.45) is 0 Å². The molecule has 0 atom stereocenters. The van der Waals surface area contributed by atoms with E-state index in [1.807, 2.05) is 6.07 Å². The number of hydrogen-bond acceptors (Lipinski definition) is 6. The monoisotopic (exact) mass is 407 g/mol. The van der Waals surface area contributed by atoms with Gasteiger partial charge in [0.25, 0.3) is 0 Å². The van der Waals surface area contributed by atoms with Gasteiger partial charge in [0.2, 0.25) is 21.7 Å². The van der Waals surface area contributed by atoms with Crippen LogP contribution in [0.25, 0.3) is 11.4 Å². The zero-order valence-electron chi connectivity index (χ0n) is 14.8. The molecule has 0 aliphatic rings. The Kier molecular flexibility index (Phi) is 5.67. The molecule has 0 amide bonds. The molecular formula is C18H18ClN3O4S. The molecule has 0 fully saturated rings. The lowest BCUT2D eigenvalue weighted by Crippen LogP contribution is -2.14. The molecule has 0 bridgehead atoms. The summed E-state index contributed by atoms with van der Waals surface area (Å²) in [5, 5.41) is 4.49. The minimum absolute atomic E-state index is 0.0122. The van der Waals surface area contributed by atoms with Crippen molar-refractivity contribution < 1.29 is 17.7 Å². The summed E-state index contributed by atoms with van der Waals surface area (Å²) in [6.45, 7) is 1.58. The second kappa shape index (κ2) is 7.98. The first-order valence-corrected chi connectivity index (χ1v) is 10.2. The summed E-state index contributed by atoms with van der Waals surface area (Å²) in [5.74, 6) is 1.49. The molecule has 3 rings (SSSR count). The van der Waals surface area contributed by atoms with Crippen LogP contribution >= 0.6 is 11.6 Å². The first-order chi connectivity index (χ1) is 12.9. The Balaban J connectivity index is 1.73. The molecule has 0 saturated carbocycles. The van der Waals surface area contributed by atoms with Gasteiger partial charge in [-0.05, 0) is 48.9 Å². The van der Waals surface area contributed by atoms with Gasteiger partial charge in [0.05, 0.1) is 24.3 Å². The van der Waals surface area contributed by atoms with Crippen LogP contribution in [0.3, 0.4) is 0 Å². The quantitative estimate of drug-likeness (QED) is 0.640. The van der Waals surface area contributed by atoms with Gasteiger partial charge in [-0.25, -0.2) is 8.42 Å². The number of rotatable bonds is 7. The number of nitrogens with one attached hydrogen (secondary N) is 1. The van der Waals surface area contributed by atoms with E-state index in [9.17, 15) is 8.42 Å². The van der Waals surface area contributed by atoms with E-state index < -0.39 is 10.0 Å². The summed E-state index contributed by atoms with van der Waals surface area (Å²) in [7, 11) is -1.75.